The maximum absolute atomic E-state index is 5.53. The zero-order valence-electron chi connectivity index (χ0n) is 18.7. The fourth-order valence-corrected chi connectivity index (χ4v) is 4.34. The van der Waals surface area contributed by atoms with Gasteiger partial charge < -0.3 is 19.5 Å². The first-order valence-corrected chi connectivity index (χ1v) is 11.1. The van der Waals surface area contributed by atoms with E-state index in [4.69, 9.17) is 14.7 Å². The first-order chi connectivity index (χ1) is 16.1. The Morgan fingerprint density at radius 3 is 2.61 bits per heavy atom. The van der Waals surface area contributed by atoms with Crippen LogP contribution in [-0.2, 0) is 18.8 Å². The molecular weight excluding hydrogens is 414 g/mol. The molecular formula is C25H25N7O. The Morgan fingerprint density at radius 2 is 1.73 bits per heavy atom. The van der Waals surface area contributed by atoms with Crippen molar-refractivity contribution in [3.8, 4) is 11.3 Å². The summed E-state index contributed by atoms with van der Waals surface area (Å²) < 4.78 is 9.54. The summed E-state index contributed by atoms with van der Waals surface area (Å²) in [5.74, 6) is 1.48. The molecule has 2 aromatic carbocycles. The van der Waals surface area contributed by atoms with E-state index >= 15 is 0 Å². The zero-order chi connectivity index (χ0) is 22.4. The van der Waals surface area contributed by atoms with Gasteiger partial charge in [0.1, 0.15) is 5.82 Å². The predicted molar refractivity (Wildman–Crippen MR) is 131 cm³/mol. The second-order valence-corrected chi connectivity index (χ2v) is 8.40. The van der Waals surface area contributed by atoms with Crippen molar-refractivity contribution in [1.82, 2.24) is 24.3 Å². The third-order valence-electron chi connectivity index (χ3n) is 6.21. The quantitative estimate of drug-likeness (QED) is 0.455. The number of hydrogen-bond acceptors (Lipinski definition) is 6. The molecule has 0 bridgehead atoms. The molecule has 8 heteroatoms. The van der Waals surface area contributed by atoms with Crippen molar-refractivity contribution >= 4 is 39.3 Å². The van der Waals surface area contributed by atoms with E-state index in [2.05, 4.69) is 75.6 Å². The van der Waals surface area contributed by atoms with Crippen molar-refractivity contribution < 1.29 is 4.74 Å². The molecule has 1 aliphatic rings. The summed E-state index contributed by atoms with van der Waals surface area (Å²) >= 11 is 0. The van der Waals surface area contributed by atoms with Crippen molar-refractivity contribution in [3.63, 3.8) is 0 Å². The van der Waals surface area contributed by atoms with Crippen molar-refractivity contribution in [2.24, 2.45) is 14.1 Å². The molecule has 0 spiro atoms. The number of nitrogens with zero attached hydrogens (tertiary/aromatic N) is 6. The molecule has 8 nitrogen and oxygen atoms in total. The second-order valence-electron chi connectivity index (χ2n) is 8.40. The van der Waals surface area contributed by atoms with Crippen LogP contribution < -0.4 is 10.2 Å². The number of fused-ring (bicyclic) bond motifs is 2. The van der Waals surface area contributed by atoms with Crippen molar-refractivity contribution in [2.45, 2.75) is 0 Å². The van der Waals surface area contributed by atoms with Gasteiger partial charge in [0.05, 0.1) is 30.6 Å². The summed E-state index contributed by atoms with van der Waals surface area (Å²) in [5.41, 5.74) is 5.14. The van der Waals surface area contributed by atoms with Crippen molar-refractivity contribution in [1.29, 1.82) is 0 Å². The fraction of sp³-hybridized carbons (Fsp3) is 0.240. The normalized spacial score (nSPS) is 14.3. The average Bonchev–Trinajstić information content (AvgIpc) is 3.41. The van der Waals surface area contributed by atoms with Crippen LogP contribution in [0.2, 0.25) is 0 Å². The summed E-state index contributed by atoms with van der Waals surface area (Å²) in [4.78, 5) is 12.0. The highest BCUT2D eigenvalue weighted by molar-refractivity contribution is 5.86. The Hall–Kier alpha value is -3.91. The van der Waals surface area contributed by atoms with Crippen LogP contribution in [0.3, 0.4) is 0 Å². The largest absolute Gasteiger partial charge is 0.378 e. The molecule has 1 N–H and O–H groups in total. The molecule has 0 amide bonds. The summed E-state index contributed by atoms with van der Waals surface area (Å²) in [6.45, 7) is 2.92. The van der Waals surface area contributed by atoms with Crippen LogP contribution in [-0.4, -0.2) is 50.6 Å². The van der Waals surface area contributed by atoms with Gasteiger partial charge in [0.25, 0.3) is 0 Å². The SMILES string of the molecule is Cn1ccc2ccc(Nc3cc(-c4ccc5cnn(C)c5c4)nc(N4CCOCC4)n3)cc21. The molecule has 1 aliphatic heterocycles. The topological polar surface area (TPSA) is 73.0 Å². The minimum atomic E-state index is 0.682. The Bertz CT molecular complexity index is 1460. The Balaban J connectivity index is 1.43. The van der Waals surface area contributed by atoms with E-state index in [0.717, 1.165) is 46.8 Å². The zero-order valence-corrected chi connectivity index (χ0v) is 18.7. The van der Waals surface area contributed by atoms with Gasteiger partial charge in [0.2, 0.25) is 5.95 Å². The van der Waals surface area contributed by atoms with Crippen LogP contribution in [0.1, 0.15) is 0 Å². The molecule has 0 atom stereocenters. The number of benzene rings is 2. The molecule has 4 heterocycles. The van der Waals surface area contributed by atoms with Crippen LogP contribution in [0, 0.1) is 0 Å². The highest BCUT2D eigenvalue weighted by Gasteiger charge is 2.17. The lowest BCUT2D eigenvalue weighted by Gasteiger charge is -2.27. The van der Waals surface area contributed by atoms with E-state index in [1.54, 1.807) is 0 Å². The molecule has 1 saturated heterocycles. The van der Waals surface area contributed by atoms with Crippen molar-refractivity contribution in [2.75, 3.05) is 36.5 Å². The van der Waals surface area contributed by atoms with E-state index < -0.39 is 0 Å². The van der Waals surface area contributed by atoms with Gasteiger partial charge in [0, 0.05) is 61.6 Å². The minimum absolute atomic E-state index is 0.682. The third-order valence-corrected chi connectivity index (χ3v) is 6.21. The summed E-state index contributed by atoms with van der Waals surface area (Å²) in [7, 11) is 4.01. The lowest BCUT2D eigenvalue weighted by atomic mass is 10.1. The number of rotatable bonds is 4. The van der Waals surface area contributed by atoms with Gasteiger partial charge in [-0.1, -0.05) is 18.2 Å². The molecule has 0 saturated carbocycles. The van der Waals surface area contributed by atoms with Crippen LogP contribution in [0.25, 0.3) is 33.1 Å². The summed E-state index contributed by atoms with van der Waals surface area (Å²) in [5, 5.41) is 10.2. The van der Waals surface area contributed by atoms with Crippen LogP contribution in [0.4, 0.5) is 17.5 Å². The van der Waals surface area contributed by atoms with Gasteiger partial charge in [-0.25, -0.2) is 4.98 Å². The van der Waals surface area contributed by atoms with E-state index in [9.17, 15) is 0 Å². The molecule has 5 aromatic rings. The van der Waals surface area contributed by atoms with Crippen LogP contribution >= 0.6 is 0 Å². The number of anilines is 3. The van der Waals surface area contributed by atoms with E-state index in [1.807, 2.05) is 24.0 Å². The van der Waals surface area contributed by atoms with Gasteiger partial charge >= 0.3 is 0 Å². The highest BCUT2D eigenvalue weighted by Crippen LogP contribution is 2.29. The number of ether oxygens (including phenoxy) is 1. The fourth-order valence-electron chi connectivity index (χ4n) is 4.34. The van der Waals surface area contributed by atoms with Gasteiger partial charge in [-0.05, 0) is 29.7 Å². The first kappa shape index (κ1) is 19.8. The second kappa shape index (κ2) is 7.90. The molecule has 1 fully saturated rings. The van der Waals surface area contributed by atoms with E-state index in [-0.39, 0.29) is 0 Å². The Kier molecular flexibility index (Phi) is 4.73. The Labute approximate surface area is 191 Å². The van der Waals surface area contributed by atoms with E-state index in [1.165, 1.54) is 10.9 Å². The van der Waals surface area contributed by atoms with E-state index in [0.29, 0.717) is 19.2 Å². The molecule has 33 heavy (non-hydrogen) atoms. The molecule has 3 aromatic heterocycles. The monoisotopic (exact) mass is 439 g/mol. The molecule has 0 unspecified atom stereocenters. The maximum Gasteiger partial charge on any atom is 0.228 e. The average molecular weight is 440 g/mol. The lowest BCUT2D eigenvalue weighted by molar-refractivity contribution is 0.122. The van der Waals surface area contributed by atoms with Gasteiger partial charge in [-0.3, -0.25) is 4.68 Å². The van der Waals surface area contributed by atoms with Crippen LogP contribution in [0.5, 0.6) is 0 Å². The van der Waals surface area contributed by atoms with Crippen molar-refractivity contribution in [3.05, 3.63) is 60.9 Å². The molecule has 0 radical (unpaired) electrons. The number of aryl methyl sites for hydroxylation is 2. The Morgan fingerprint density at radius 1 is 0.879 bits per heavy atom. The highest BCUT2D eigenvalue weighted by atomic mass is 16.5. The minimum Gasteiger partial charge on any atom is -0.378 e. The molecule has 6 rings (SSSR count). The maximum atomic E-state index is 5.53. The summed E-state index contributed by atoms with van der Waals surface area (Å²) in [6, 6.07) is 16.8. The first-order valence-electron chi connectivity index (χ1n) is 11.1. The van der Waals surface area contributed by atoms with Gasteiger partial charge in [-0.2, -0.15) is 10.1 Å². The number of hydrogen-bond donors (Lipinski definition) is 1. The third kappa shape index (κ3) is 3.68. The number of aromatic nitrogens is 5. The molecule has 0 aliphatic carbocycles. The molecule has 166 valence electrons. The number of morpholine rings is 1. The van der Waals surface area contributed by atoms with Gasteiger partial charge in [0.15, 0.2) is 0 Å². The van der Waals surface area contributed by atoms with Crippen LogP contribution in [0.15, 0.2) is 60.9 Å². The van der Waals surface area contributed by atoms with Gasteiger partial charge in [-0.15, -0.1) is 0 Å². The summed E-state index contributed by atoms with van der Waals surface area (Å²) in [6.07, 6.45) is 3.95. The lowest BCUT2D eigenvalue weighted by Crippen LogP contribution is -2.37. The predicted octanol–water partition coefficient (Wildman–Crippen LogP) is 4.10. The number of nitrogens with one attached hydrogen (secondary N) is 1. The smallest absolute Gasteiger partial charge is 0.228 e. The standard InChI is InChI=1S/C25H25N7O/c1-30-8-7-17-5-6-20(14-22(17)30)27-24-15-21(28-25(29-24)32-9-11-33-12-10-32)18-3-4-19-16-26-31(2)23(19)13-18/h3-8,13-16H,9-12H2,1-2H3,(H,27,28,29).